The lowest BCUT2D eigenvalue weighted by molar-refractivity contribution is -0.134. The van der Waals surface area contributed by atoms with E-state index in [0.717, 1.165) is 0 Å². The SMILES string of the molecule is CC(C)C(=O)N1CCCN(S(=O)(=O)c2cccs2)CC1. The average molecular weight is 316 g/mol. The molecule has 0 unspecified atom stereocenters. The van der Waals surface area contributed by atoms with E-state index < -0.39 is 10.0 Å². The highest BCUT2D eigenvalue weighted by atomic mass is 32.2. The molecule has 1 aliphatic rings. The van der Waals surface area contributed by atoms with Gasteiger partial charge in [0.2, 0.25) is 5.91 Å². The van der Waals surface area contributed by atoms with E-state index >= 15 is 0 Å². The first kappa shape index (κ1) is 15.5. The Morgan fingerprint density at radius 3 is 2.60 bits per heavy atom. The Morgan fingerprint density at radius 1 is 1.25 bits per heavy atom. The van der Waals surface area contributed by atoms with Gasteiger partial charge in [0.1, 0.15) is 4.21 Å². The quantitative estimate of drug-likeness (QED) is 0.851. The third-order valence-corrected chi connectivity index (χ3v) is 6.62. The third kappa shape index (κ3) is 3.21. The van der Waals surface area contributed by atoms with Gasteiger partial charge in [-0.25, -0.2) is 8.42 Å². The van der Waals surface area contributed by atoms with Crippen LogP contribution in [0.3, 0.4) is 0 Å². The molecule has 1 saturated heterocycles. The van der Waals surface area contributed by atoms with Crippen LogP contribution in [0, 0.1) is 5.92 Å². The molecule has 0 bridgehead atoms. The molecule has 0 aromatic carbocycles. The lowest BCUT2D eigenvalue weighted by Crippen LogP contribution is -2.38. The zero-order valence-electron chi connectivity index (χ0n) is 11.8. The molecular formula is C13H20N2O3S2. The first-order chi connectivity index (χ1) is 9.43. The Labute approximate surface area is 124 Å². The zero-order valence-corrected chi connectivity index (χ0v) is 13.4. The molecule has 1 fully saturated rings. The van der Waals surface area contributed by atoms with Gasteiger partial charge in [-0.1, -0.05) is 19.9 Å². The molecule has 0 atom stereocenters. The first-order valence-corrected chi connectivity index (χ1v) is 9.07. The van der Waals surface area contributed by atoms with E-state index in [2.05, 4.69) is 0 Å². The lowest BCUT2D eigenvalue weighted by Gasteiger charge is -2.23. The van der Waals surface area contributed by atoms with E-state index in [0.29, 0.717) is 36.8 Å². The van der Waals surface area contributed by atoms with Crippen LogP contribution in [-0.4, -0.2) is 49.7 Å². The first-order valence-electron chi connectivity index (χ1n) is 6.75. The molecular weight excluding hydrogens is 296 g/mol. The average Bonchev–Trinajstić information content (AvgIpc) is 2.83. The van der Waals surface area contributed by atoms with Crippen molar-refractivity contribution >= 4 is 27.3 Å². The summed E-state index contributed by atoms with van der Waals surface area (Å²) in [6.07, 6.45) is 0.684. The third-order valence-electron chi connectivity index (χ3n) is 3.35. The number of carbonyl (C=O) groups excluding carboxylic acids is 1. The number of sulfonamides is 1. The number of rotatable bonds is 3. The van der Waals surface area contributed by atoms with Gasteiger partial charge < -0.3 is 4.90 Å². The summed E-state index contributed by atoms with van der Waals surface area (Å²) in [5.41, 5.74) is 0. The van der Waals surface area contributed by atoms with Gasteiger partial charge in [-0.2, -0.15) is 4.31 Å². The summed E-state index contributed by atoms with van der Waals surface area (Å²) < 4.78 is 26.8. The summed E-state index contributed by atoms with van der Waals surface area (Å²) in [7, 11) is -3.40. The Balaban J connectivity index is 2.09. The van der Waals surface area contributed by atoms with Crippen molar-refractivity contribution in [2.45, 2.75) is 24.5 Å². The van der Waals surface area contributed by atoms with Crippen molar-refractivity contribution < 1.29 is 13.2 Å². The van der Waals surface area contributed by atoms with Gasteiger partial charge in [0, 0.05) is 32.1 Å². The minimum absolute atomic E-state index is 0.0459. The minimum atomic E-state index is -3.40. The Hall–Kier alpha value is -0.920. The molecule has 0 N–H and O–H groups in total. The molecule has 7 heteroatoms. The van der Waals surface area contributed by atoms with E-state index in [1.807, 2.05) is 13.8 Å². The molecule has 0 aliphatic carbocycles. The van der Waals surface area contributed by atoms with Crippen molar-refractivity contribution in [2.75, 3.05) is 26.2 Å². The van der Waals surface area contributed by atoms with Crippen molar-refractivity contribution in [1.29, 1.82) is 0 Å². The molecule has 0 spiro atoms. The van der Waals surface area contributed by atoms with Crippen LogP contribution in [0.1, 0.15) is 20.3 Å². The monoisotopic (exact) mass is 316 g/mol. The largest absolute Gasteiger partial charge is 0.341 e. The zero-order chi connectivity index (χ0) is 14.8. The van der Waals surface area contributed by atoms with Crippen molar-refractivity contribution in [1.82, 2.24) is 9.21 Å². The van der Waals surface area contributed by atoms with Gasteiger partial charge in [0.25, 0.3) is 10.0 Å². The predicted octanol–water partition coefficient (Wildman–Crippen LogP) is 1.63. The summed E-state index contributed by atoms with van der Waals surface area (Å²) in [4.78, 5) is 13.8. The van der Waals surface area contributed by atoms with Crippen molar-refractivity contribution in [3.63, 3.8) is 0 Å². The smallest absolute Gasteiger partial charge is 0.252 e. The number of amides is 1. The van der Waals surface area contributed by atoms with Crippen molar-refractivity contribution in [2.24, 2.45) is 5.92 Å². The standard InChI is InChI=1S/C13H20N2O3S2/c1-11(2)13(16)14-6-4-7-15(9-8-14)20(17,18)12-5-3-10-19-12/h3,5,10-11H,4,6-9H2,1-2H3. The van der Waals surface area contributed by atoms with Gasteiger partial charge in [-0.15, -0.1) is 11.3 Å². The molecule has 20 heavy (non-hydrogen) atoms. The van der Waals surface area contributed by atoms with E-state index in [1.165, 1.54) is 15.6 Å². The fourth-order valence-electron chi connectivity index (χ4n) is 2.26. The van der Waals surface area contributed by atoms with Crippen LogP contribution >= 0.6 is 11.3 Å². The molecule has 1 aromatic rings. The van der Waals surface area contributed by atoms with Gasteiger partial charge in [-0.05, 0) is 17.9 Å². The molecule has 112 valence electrons. The number of thiophene rings is 1. The second-order valence-corrected chi connectivity index (χ2v) is 8.28. The predicted molar refractivity (Wildman–Crippen MR) is 79.1 cm³/mol. The molecule has 1 amide bonds. The van der Waals surface area contributed by atoms with Crippen LogP contribution in [-0.2, 0) is 14.8 Å². The number of hydrogen-bond donors (Lipinski definition) is 0. The summed E-state index contributed by atoms with van der Waals surface area (Å²) in [6, 6.07) is 3.37. The molecule has 2 heterocycles. The number of hydrogen-bond acceptors (Lipinski definition) is 4. The Kier molecular flexibility index (Phi) is 4.82. The number of nitrogens with zero attached hydrogens (tertiary/aromatic N) is 2. The molecule has 0 saturated carbocycles. The summed E-state index contributed by atoms with van der Waals surface area (Å²) in [5.74, 6) is 0.0517. The fraction of sp³-hybridized carbons (Fsp3) is 0.615. The highest BCUT2D eigenvalue weighted by Gasteiger charge is 2.29. The minimum Gasteiger partial charge on any atom is -0.341 e. The highest BCUT2D eigenvalue weighted by molar-refractivity contribution is 7.91. The van der Waals surface area contributed by atoms with Crippen LogP contribution in [0.15, 0.2) is 21.7 Å². The van der Waals surface area contributed by atoms with Crippen LogP contribution in [0.4, 0.5) is 0 Å². The second-order valence-electron chi connectivity index (χ2n) is 5.17. The molecule has 1 aromatic heterocycles. The Bertz CT molecular complexity index is 552. The summed E-state index contributed by atoms with van der Waals surface area (Å²) in [6.45, 7) is 5.69. The fourth-order valence-corrected chi connectivity index (χ4v) is 4.87. The highest BCUT2D eigenvalue weighted by Crippen LogP contribution is 2.22. The van der Waals surface area contributed by atoms with Gasteiger partial charge in [-0.3, -0.25) is 4.79 Å². The normalized spacial score (nSPS) is 18.2. The van der Waals surface area contributed by atoms with Crippen molar-refractivity contribution in [3.05, 3.63) is 17.5 Å². The van der Waals surface area contributed by atoms with E-state index in [4.69, 9.17) is 0 Å². The van der Waals surface area contributed by atoms with Crippen LogP contribution in [0.5, 0.6) is 0 Å². The summed E-state index contributed by atoms with van der Waals surface area (Å²) in [5, 5.41) is 1.76. The van der Waals surface area contributed by atoms with Gasteiger partial charge in [0.15, 0.2) is 0 Å². The molecule has 0 radical (unpaired) electrons. The molecule has 2 rings (SSSR count). The maximum absolute atomic E-state index is 12.4. The topological polar surface area (TPSA) is 57.7 Å². The van der Waals surface area contributed by atoms with Crippen LogP contribution < -0.4 is 0 Å². The second kappa shape index (κ2) is 6.24. The van der Waals surface area contributed by atoms with E-state index in [9.17, 15) is 13.2 Å². The van der Waals surface area contributed by atoms with Crippen LogP contribution in [0.2, 0.25) is 0 Å². The maximum atomic E-state index is 12.4. The molecule has 1 aliphatic heterocycles. The molecule has 5 nitrogen and oxygen atoms in total. The van der Waals surface area contributed by atoms with Gasteiger partial charge >= 0.3 is 0 Å². The van der Waals surface area contributed by atoms with E-state index in [1.54, 1.807) is 22.4 Å². The Morgan fingerprint density at radius 2 is 2.00 bits per heavy atom. The van der Waals surface area contributed by atoms with Crippen molar-refractivity contribution in [3.8, 4) is 0 Å². The lowest BCUT2D eigenvalue weighted by atomic mass is 10.2. The number of carbonyl (C=O) groups is 1. The summed E-state index contributed by atoms with van der Waals surface area (Å²) >= 11 is 1.23. The van der Waals surface area contributed by atoms with E-state index in [-0.39, 0.29) is 11.8 Å². The van der Waals surface area contributed by atoms with Gasteiger partial charge in [0.05, 0.1) is 0 Å². The maximum Gasteiger partial charge on any atom is 0.252 e. The van der Waals surface area contributed by atoms with Crippen LogP contribution in [0.25, 0.3) is 0 Å².